The van der Waals surface area contributed by atoms with Gasteiger partial charge in [0.25, 0.3) is 0 Å². The summed E-state index contributed by atoms with van der Waals surface area (Å²) >= 11 is 0. The van der Waals surface area contributed by atoms with E-state index >= 15 is 0 Å². The maximum atomic E-state index is 12.9. The predicted molar refractivity (Wildman–Crippen MR) is 86.3 cm³/mol. The fourth-order valence-corrected chi connectivity index (χ4v) is 3.94. The molecule has 0 bridgehead atoms. The van der Waals surface area contributed by atoms with Gasteiger partial charge in [0.1, 0.15) is 11.5 Å². The van der Waals surface area contributed by atoms with Crippen molar-refractivity contribution < 1.29 is 19.7 Å². The van der Waals surface area contributed by atoms with Crippen molar-refractivity contribution in [2.75, 3.05) is 13.2 Å². The van der Waals surface area contributed by atoms with Gasteiger partial charge in [-0.05, 0) is 60.8 Å². The summed E-state index contributed by atoms with van der Waals surface area (Å²) in [7, 11) is 0. The number of rotatable bonds is 4. The number of carbonyl (C=O) groups is 1. The summed E-state index contributed by atoms with van der Waals surface area (Å²) in [4.78, 5) is 12.9. The zero-order valence-corrected chi connectivity index (χ0v) is 13.1. The molecule has 1 saturated carbocycles. The maximum Gasteiger partial charge on any atom is 0.170 e. The summed E-state index contributed by atoms with van der Waals surface area (Å²) < 4.78 is 5.40. The van der Waals surface area contributed by atoms with Crippen molar-refractivity contribution in [2.45, 2.75) is 38.0 Å². The molecule has 2 N–H and O–H groups in total. The van der Waals surface area contributed by atoms with E-state index in [1.54, 1.807) is 12.1 Å². The maximum absolute atomic E-state index is 12.9. The first-order chi connectivity index (χ1) is 11.1. The molecule has 1 aliphatic heterocycles. The molecule has 2 aliphatic carbocycles. The first-order valence-electron chi connectivity index (χ1n) is 8.51. The second-order valence-corrected chi connectivity index (χ2v) is 7.10. The Morgan fingerprint density at radius 2 is 2.00 bits per heavy atom. The van der Waals surface area contributed by atoms with Gasteiger partial charge < -0.3 is 14.9 Å². The molecule has 4 rings (SSSR count). The van der Waals surface area contributed by atoms with E-state index in [9.17, 15) is 15.0 Å². The van der Waals surface area contributed by atoms with Gasteiger partial charge in [-0.2, -0.15) is 0 Å². The molecule has 1 heterocycles. The average molecular weight is 314 g/mol. The first-order valence-corrected chi connectivity index (χ1v) is 8.51. The van der Waals surface area contributed by atoms with Gasteiger partial charge in [-0.3, -0.25) is 4.79 Å². The Balaban J connectivity index is 1.62. The lowest BCUT2D eigenvalue weighted by Crippen LogP contribution is -2.15. The van der Waals surface area contributed by atoms with E-state index in [4.69, 9.17) is 4.74 Å². The SMILES string of the molecule is O=C1C(c2cc(O)ccc2C2CC2)=C(O)CC1CC1CCOC1. The monoisotopic (exact) mass is 314 g/mol. The Hall–Kier alpha value is -1.81. The second-order valence-electron chi connectivity index (χ2n) is 7.10. The highest BCUT2D eigenvalue weighted by Crippen LogP contribution is 2.47. The third kappa shape index (κ3) is 2.76. The lowest BCUT2D eigenvalue weighted by Gasteiger charge is -2.14. The van der Waals surface area contributed by atoms with Gasteiger partial charge >= 0.3 is 0 Å². The van der Waals surface area contributed by atoms with E-state index in [2.05, 4.69) is 0 Å². The fraction of sp³-hybridized carbons (Fsp3) is 0.526. The number of hydrogen-bond acceptors (Lipinski definition) is 4. The molecule has 1 aromatic carbocycles. The van der Waals surface area contributed by atoms with Crippen LogP contribution in [0.5, 0.6) is 5.75 Å². The number of allylic oxidation sites excluding steroid dienone is 2. The molecule has 3 aliphatic rings. The average Bonchev–Trinajstić information content (AvgIpc) is 3.16. The largest absolute Gasteiger partial charge is 0.512 e. The van der Waals surface area contributed by atoms with E-state index in [1.165, 1.54) is 0 Å². The van der Waals surface area contributed by atoms with Gasteiger partial charge in [-0.25, -0.2) is 0 Å². The van der Waals surface area contributed by atoms with Crippen LogP contribution in [-0.4, -0.2) is 29.2 Å². The van der Waals surface area contributed by atoms with Crippen LogP contribution in [0.2, 0.25) is 0 Å². The van der Waals surface area contributed by atoms with Gasteiger partial charge in [-0.1, -0.05) is 6.07 Å². The van der Waals surface area contributed by atoms with E-state index in [1.807, 2.05) is 6.07 Å². The number of phenols is 1. The number of Topliss-reactive ketones (excluding diaryl/α,β-unsaturated/α-hetero) is 1. The number of aliphatic hydroxyl groups is 1. The highest BCUT2D eigenvalue weighted by molar-refractivity contribution is 6.24. The summed E-state index contributed by atoms with van der Waals surface area (Å²) in [6.07, 6.45) is 4.43. The Labute approximate surface area is 135 Å². The first kappa shape index (κ1) is 14.8. The van der Waals surface area contributed by atoms with Crippen LogP contribution in [0, 0.1) is 11.8 Å². The molecule has 1 saturated heterocycles. The summed E-state index contributed by atoms with van der Waals surface area (Å²) in [5.41, 5.74) is 2.26. The molecule has 2 fully saturated rings. The molecule has 0 radical (unpaired) electrons. The van der Waals surface area contributed by atoms with Crippen molar-refractivity contribution in [1.29, 1.82) is 0 Å². The van der Waals surface area contributed by atoms with Crippen LogP contribution in [0.4, 0.5) is 0 Å². The van der Waals surface area contributed by atoms with Crippen molar-refractivity contribution in [3.63, 3.8) is 0 Å². The minimum atomic E-state index is -0.147. The van der Waals surface area contributed by atoms with E-state index in [-0.39, 0.29) is 23.2 Å². The van der Waals surface area contributed by atoms with Crippen molar-refractivity contribution >= 4 is 11.4 Å². The van der Waals surface area contributed by atoms with Crippen LogP contribution >= 0.6 is 0 Å². The normalized spacial score (nSPS) is 27.9. The smallest absolute Gasteiger partial charge is 0.170 e. The van der Waals surface area contributed by atoms with Gasteiger partial charge in [0, 0.05) is 25.6 Å². The molecule has 4 heteroatoms. The predicted octanol–water partition coefficient (Wildman–Crippen LogP) is 3.55. The Morgan fingerprint density at radius 1 is 1.17 bits per heavy atom. The van der Waals surface area contributed by atoms with Crippen LogP contribution in [0.15, 0.2) is 24.0 Å². The standard InChI is InChI=1S/C19H22O4/c20-14-3-4-15(12-1-2-12)16(9-14)18-17(21)8-13(19(18)22)7-11-5-6-23-10-11/h3-4,9,11-13,20-21H,1-2,5-8,10H2. The number of hydrogen-bond donors (Lipinski definition) is 2. The lowest BCUT2D eigenvalue weighted by atomic mass is 9.88. The van der Waals surface area contributed by atoms with E-state index in [0.29, 0.717) is 23.8 Å². The summed E-state index contributed by atoms with van der Waals surface area (Å²) in [6.45, 7) is 1.50. The zero-order valence-electron chi connectivity index (χ0n) is 13.1. The number of aliphatic hydroxyl groups excluding tert-OH is 1. The fourth-order valence-electron chi connectivity index (χ4n) is 3.94. The van der Waals surface area contributed by atoms with Crippen LogP contribution in [0.1, 0.15) is 49.1 Å². The molecule has 2 atom stereocenters. The molecule has 2 unspecified atom stereocenters. The van der Waals surface area contributed by atoms with Gasteiger partial charge in [0.05, 0.1) is 5.57 Å². The van der Waals surface area contributed by atoms with E-state index < -0.39 is 0 Å². The molecule has 0 aromatic heterocycles. The third-order valence-electron chi connectivity index (χ3n) is 5.31. The number of phenolic OH excluding ortho intramolecular Hbond substituents is 1. The second kappa shape index (κ2) is 5.68. The minimum absolute atomic E-state index is 0.0295. The highest BCUT2D eigenvalue weighted by Gasteiger charge is 2.38. The van der Waals surface area contributed by atoms with Gasteiger partial charge in [0.2, 0.25) is 0 Å². The van der Waals surface area contributed by atoms with Crippen LogP contribution in [0.25, 0.3) is 5.57 Å². The summed E-state index contributed by atoms with van der Waals surface area (Å²) in [5.74, 6) is 1.09. The zero-order chi connectivity index (χ0) is 16.0. The van der Waals surface area contributed by atoms with Crippen LogP contribution < -0.4 is 0 Å². The van der Waals surface area contributed by atoms with Crippen molar-refractivity contribution in [3.8, 4) is 5.75 Å². The number of carbonyl (C=O) groups excluding carboxylic acids is 1. The topological polar surface area (TPSA) is 66.8 Å². The molecule has 0 spiro atoms. The van der Waals surface area contributed by atoms with Crippen molar-refractivity contribution in [3.05, 3.63) is 35.1 Å². The molecule has 4 nitrogen and oxygen atoms in total. The minimum Gasteiger partial charge on any atom is -0.512 e. The van der Waals surface area contributed by atoms with Crippen molar-refractivity contribution in [2.24, 2.45) is 11.8 Å². The quantitative estimate of drug-likeness (QED) is 0.892. The van der Waals surface area contributed by atoms with E-state index in [0.717, 1.165) is 50.0 Å². The highest BCUT2D eigenvalue weighted by atomic mass is 16.5. The summed E-state index contributed by atoms with van der Waals surface area (Å²) in [6, 6.07) is 5.20. The number of aromatic hydroxyl groups is 1. The van der Waals surface area contributed by atoms with Crippen molar-refractivity contribution in [1.82, 2.24) is 0 Å². The Morgan fingerprint density at radius 3 is 2.70 bits per heavy atom. The van der Waals surface area contributed by atoms with Crippen LogP contribution in [-0.2, 0) is 9.53 Å². The Kier molecular flexibility index (Phi) is 3.64. The molecule has 1 aromatic rings. The number of ether oxygens (including phenoxy) is 1. The molecular formula is C19H22O4. The Bertz CT molecular complexity index is 666. The number of benzene rings is 1. The third-order valence-corrected chi connectivity index (χ3v) is 5.31. The summed E-state index contributed by atoms with van der Waals surface area (Å²) in [5, 5.41) is 20.3. The molecular weight excluding hydrogens is 292 g/mol. The molecule has 23 heavy (non-hydrogen) atoms. The van der Waals surface area contributed by atoms with Gasteiger partial charge in [-0.15, -0.1) is 0 Å². The van der Waals surface area contributed by atoms with Crippen LogP contribution in [0.3, 0.4) is 0 Å². The molecule has 122 valence electrons. The molecule has 0 amide bonds. The lowest BCUT2D eigenvalue weighted by molar-refractivity contribution is -0.117. The van der Waals surface area contributed by atoms with Gasteiger partial charge in [0.15, 0.2) is 5.78 Å². The number of ketones is 1.